The largest absolute Gasteiger partial charge is 0.497 e. The summed E-state index contributed by atoms with van der Waals surface area (Å²) >= 11 is 0. The van der Waals surface area contributed by atoms with E-state index in [2.05, 4.69) is 17.4 Å². The molecular weight excluding hydrogens is 178 g/mol. The van der Waals surface area contributed by atoms with Crippen LogP contribution in [0.5, 0.6) is 5.75 Å². The standard InChI is InChI=1S/C11H15NO2/c1-12-11(7-14-8-11)9-4-3-5-10(6-9)13-2/h3-6,12H,7-8H2,1-2H3. The van der Waals surface area contributed by atoms with Crippen LogP contribution in [-0.4, -0.2) is 27.4 Å². The molecule has 1 fully saturated rings. The van der Waals surface area contributed by atoms with Gasteiger partial charge in [-0.25, -0.2) is 0 Å². The number of ether oxygens (including phenoxy) is 2. The molecule has 1 N–H and O–H groups in total. The molecule has 1 aromatic rings. The van der Waals surface area contributed by atoms with Crippen LogP contribution in [0.1, 0.15) is 5.56 Å². The van der Waals surface area contributed by atoms with Crippen molar-refractivity contribution in [3.8, 4) is 5.75 Å². The zero-order valence-electron chi connectivity index (χ0n) is 8.54. The van der Waals surface area contributed by atoms with E-state index in [1.165, 1.54) is 5.56 Å². The second-order valence-electron chi connectivity index (χ2n) is 3.56. The lowest BCUT2D eigenvalue weighted by molar-refractivity contribution is -0.0748. The molecule has 1 aliphatic heterocycles. The highest BCUT2D eigenvalue weighted by atomic mass is 16.5. The van der Waals surface area contributed by atoms with E-state index in [1.807, 2.05) is 19.2 Å². The van der Waals surface area contributed by atoms with Gasteiger partial charge in [0.25, 0.3) is 0 Å². The molecule has 0 amide bonds. The number of nitrogens with one attached hydrogen (secondary N) is 1. The van der Waals surface area contributed by atoms with Crippen molar-refractivity contribution in [3.63, 3.8) is 0 Å². The van der Waals surface area contributed by atoms with Crippen LogP contribution in [0.3, 0.4) is 0 Å². The van der Waals surface area contributed by atoms with E-state index in [1.54, 1.807) is 7.11 Å². The fourth-order valence-electron chi connectivity index (χ4n) is 1.68. The van der Waals surface area contributed by atoms with Crippen LogP contribution >= 0.6 is 0 Å². The maximum Gasteiger partial charge on any atom is 0.119 e. The molecule has 1 aromatic carbocycles. The Morgan fingerprint density at radius 1 is 1.43 bits per heavy atom. The summed E-state index contributed by atoms with van der Waals surface area (Å²) in [4.78, 5) is 0. The molecule has 0 radical (unpaired) electrons. The van der Waals surface area contributed by atoms with E-state index in [0.717, 1.165) is 19.0 Å². The fourth-order valence-corrected chi connectivity index (χ4v) is 1.68. The summed E-state index contributed by atoms with van der Waals surface area (Å²) in [5.74, 6) is 0.893. The molecule has 2 rings (SSSR count). The molecule has 14 heavy (non-hydrogen) atoms. The average molecular weight is 193 g/mol. The Labute approximate surface area is 84.0 Å². The minimum absolute atomic E-state index is 0.00542. The average Bonchev–Trinajstić information content (AvgIpc) is 2.18. The van der Waals surface area contributed by atoms with Crippen molar-refractivity contribution in [1.29, 1.82) is 0 Å². The number of benzene rings is 1. The quantitative estimate of drug-likeness (QED) is 0.781. The molecule has 0 saturated carbocycles. The first-order valence-electron chi connectivity index (χ1n) is 4.72. The Hall–Kier alpha value is -1.06. The summed E-state index contributed by atoms with van der Waals surface area (Å²) in [5.41, 5.74) is 1.22. The van der Waals surface area contributed by atoms with Gasteiger partial charge in [0.1, 0.15) is 5.75 Å². The number of hydrogen-bond donors (Lipinski definition) is 1. The lowest BCUT2D eigenvalue weighted by Gasteiger charge is -2.41. The third kappa shape index (κ3) is 1.38. The first-order chi connectivity index (χ1) is 6.80. The number of hydrogen-bond acceptors (Lipinski definition) is 3. The van der Waals surface area contributed by atoms with Crippen molar-refractivity contribution >= 4 is 0 Å². The van der Waals surface area contributed by atoms with E-state index < -0.39 is 0 Å². The van der Waals surface area contributed by atoms with Gasteiger partial charge >= 0.3 is 0 Å². The summed E-state index contributed by atoms with van der Waals surface area (Å²) in [6.07, 6.45) is 0. The minimum Gasteiger partial charge on any atom is -0.497 e. The fraction of sp³-hybridized carbons (Fsp3) is 0.455. The zero-order chi connectivity index (χ0) is 10.0. The molecule has 0 aromatic heterocycles. The van der Waals surface area contributed by atoms with Gasteiger partial charge in [0.05, 0.1) is 25.9 Å². The maximum atomic E-state index is 5.25. The highest BCUT2D eigenvalue weighted by Gasteiger charge is 2.38. The Balaban J connectivity index is 2.30. The van der Waals surface area contributed by atoms with Gasteiger partial charge in [-0.1, -0.05) is 12.1 Å². The van der Waals surface area contributed by atoms with E-state index in [9.17, 15) is 0 Å². The van der Waals surface area contributed by atoms with Crippen LogP contribution in [-0.2, 0) is 10.3 Å². The molecule has 3 nitrogen and oxygen atoms in total. The van der Waals surface area contributed by atoms with Crippen LogP contribution in [0.25, 0.3) is 0 Å². The molecule has 0 bridgehead atoms. The molecule has 3 heteroatoms. The molecule has 0 spiro atoms. The predicted molar refractivity (Wildman–Crippen MR) is 54.6 cm³/mol. The molecule has 0 atom stereocenters. The first-order valence-corrected chi connectivity index (χ1v) is 4.72. The second-order valence-corrected chi connectivity index (χ2v) is 3.56. The molecule has 1 heterocycles. The van der Waals surface area contributed by atoms with E-state index in [4.69, 9.17) is 9.47 Å². The predicted octanol–water partition coefficient (Wildman–Crippen LogP) is 1.14. The zero-order valence-corrected chi connectivity index (χ0v) is 8.54. The van der Waals surface area contributed by atoms with Crippen molar-refractivity contribution in [2.45, 2.75) is 5.54 Å². The van der Waals surface area contributed by atoms with Gasteiger partial charge in [-0.15, -0.1) is 0 Å². The molecule has 1 aliphatic rings. The third-order valence-corrected chi connectivity index (χ3v) is 2.80. The molecule has 1 saturated heterocycles. The highest BCUT2D eigenvalue weighted by Crippen LogP contribution is 2.30. The summed E-state index contributed by atoms with van der Waals surface area (Å²) in [7, 11) is 3.64. The maximum absolute atomic E-state index is 5.25. The SMILES string of the molecule is CNC1(c2cccc(OC)c2)COC1. The van der Waals surface area contributed by atoms with Gasteiger partial charge in [-0.3, -0.25) is 0 Å². The van der Waals surface area contributed by atoms with Crippen LogP contribution in [0.2, 0.25) is 0 Å². The minimum atomic E-state index is -0.00542. The van der Waals surface area contributed by atoms with Crippen LogP contribution in [0.15, 0.2) is 24.3 Å². The lowest BCUT2D eigenvalue weighted by Crippen LogP contribution is -2.56. The summed E-state index contributed by atoms with van der Waals surface area (Å²) in [5, 5.41) is 3.30. The summed E-state index contributed by atoms with van der Waals surface area (Å²) < 4.78 is 10.4. The number of methoxy groups -OCH3 is 1. The van der Waals surface area contributed by atoms with Crippen LogP contribution in [0.4, 0.5) is 0 Å². The summed E-state index contributed by atoms with van der Waals surface area (Å²) in [6, 6.07) is 8.11. The third-order valence-electron chi connectivity index (χ3n) is 2.80. The van der Waals surface area contributed by atoms with Crippen molar-refractivity contribution in [3.05, 3.63) is 29.8 Å². The van der Waals surface area contributed by atoms with Gasteiger partial charge in [-0.2, -0.15) is 0 Å². The molecular formula is C11H15NO2. The Morgan fingerprint density at radius 3 is 2.71 bits per heavy atom. The Bertz CT molecular complexity index is 315. The van der Waals surface area contributed by atoms with Crippen molar-refractivity contribution in [2.24, 2.45) is 0 Å². The highest BCUT2D eigenvalue weighted by molar-refractivity contribution is 5.34. The number of rotatable bonds is 3. The molecule has 0 aliphatic carbocycles. The van der Waals surface area contributed by atoms with Gasteiger partial charge in [0, 0.05) is 0 Å². The monoisotopic (exact) mass is 193 g/mol. The Kier molecular flexibility index (Phi) is 2.44. The van der Waals surface area contributed by atoms with Gasteiger partial charge in [-0.05, 0) is 24.7 Å². The van der Waals surface area contributed by atoms with Crippen molar-refractivity contribution in [2.75, 3.05) is 27.4 Å². The smallest absolute Gasteiger partial charge is 0.119 e. The first kappa shape index (κ1) is 9.49. The van der Waals surface area contributed by atoms with E-state index in [-0.39, 0.29) is 5.54 Å². The van der Waals surface area contributed by atoms with Gasteiger partial charge in [0.2, 0.25) is 0 Å². The summed E-state index contributed by atoms with van der Waals surface area (Å²) in [6.45, 7) is 1.47. The van der Waals surface area contributed by atoms with Gasteiger partial charge in [0.15, 0.2) is 0 Å². The van der Waals surface area contributed by atoms with Gasteiger partial charge < -0.3 is 14.8 Å². The lowest BCUT2D eigenvalue weighted by atomic mass is 9.88. The molecule has 0 unspecified atom stereocenters. The topological polar surface area (TPSA) is 30.5 Å². The van der Waals surface area contributed by atoms with Crippen LogP contribution in [0, 0.1) is 0 Å². The molecule has 76 valence electrons. The van der Waals surface area contributed by atoms with Crippen molar-refractivity contribution < 1.29 is 9.47 Å². The number of likely N-dealkylation sites (N-methyl/N-ethyl adjacent to an activating group) is 1. The van der Waals surface area contributed by atoms with Crippen molar-refractivity contribution in [1.82, 2.24) is 5.32 Å². The normalized spacial score (nSPS) is 18.7. The Morgan fingerprint density at radius 2 is 2.21 bits per heavy atom. The van der Waals surface area contributed by atoms with Crippen LogP contribution < -0.4 is 10.1 Å². The van der Waals surface area contributed by atoms with E-state index in [0.29, 0.717) is 0 Å². The second kappa shape index (κ2) is 3.59. The van der Waals surface area contributed by atoms with E-state index >= 15 is 0 Å².